The largest absolute Gasteiger partial charge is 0.476 e. The van der Waals surface area contributed by atoms with Crippen molar-refractivity contribution in [3.63, 3.8) is 0 Å². The van der Waals surface area contributed by atoms with E-state index in [0.29, 0.717) is 27.2 Å². The zero-order valence-corrected chi connectivity index (χ0v) is 16.6. The van der Waals surface area contributed by atoms with Crippen molar-refractivity contribution in [1.29, 1.82) is 0 Å². The van der Waals surface area contributed by atoms with Crippen LogP contribution in [0.15, 0.2) is 42.5 Å². The number of hydrogen-bond acceptors (Lipinski definition) is 2. The second-order valence-electron chi connectivity index (χ2n) is 5.54. The lowest BCUT2D eigenvalue weighted by Gasteiger charge is -2.10. The second-order valence-corrected chi connectivity index (χ2v) is 6.79. The first kappa shape index (κ1) is 20.6. The summed E-state index contributed by atoms with van der Waals surface area (Å²) in [5.41, 5.74) is 3.03. The van der Waals surface area contributed by atoms with E-state index < -0.39 is 5.97 Å². The summed E-state index contributed by atoms with van der Waals surface area (Å²) in [6, 6.07) is 12.5. The Labute approximate surface area is 171 Å². The number of halogens is 4. The molecule has 2 aromatic carbocycles. The summed E-state index contributed by atoms with van der Waals surface area (Å²) in [6.45, 7) is 2.11. The lowest BCUT2D eigenvalue weighted by Crippen LogP contribution is -2.06. The van der Waals surface area contributed by atoms with Gasteiger partial charge in [-0.1, -0.05) is 53.0 Å². The van der Waals surface area contributed by atoms with Gasteiger partial charge in [-0.2, -0.15) is 5.10 Å². The Morgan fingerprint density at radius 1 is 1.08 bits per heavy atom. The number of hydrogen-bond donors (Lipinski definition) is 1. The Morgan fingerprint density at radius 2 is 1.73 bits per heavy atom. The Hall–Kier alpha value is -1.72. The van der Waals surface area contributed by atoms with Crippen molar-refractivity contribution in [1.82, 2.24) is 9.78 Å². The van der Waals surface area contributed by atoms with Gasteiger partial charge in [0.2, 0.25) is 0 Å². The van der Waals surface area contributed by atoms with E-state index in [0.717, 1.165) is 16.8 Å². The molecular weight excluding hydrogens is 418 g/mol. The molecule has 0 saturated carbocycles. The van der Waals surface area contributed by atoms with E-state index in [-0.39, 0.29) is 18.1 Å². The van der Waals surface area contributed by atoms with Crippen molar-refractivity contribution in [2.24, 2.45) is 0 Å². The lowest BCUT2D eigenvalue weighted by molar-refractivity contribution is 0.0688. The number of carbonyl (C=O) groups is 1. The molecule has 0 unspecified atom stereocenters. The average Bonchev–Trinajstić information content (AvgIpc) is 2.88. The molecule has 0 aliphatic carbocycles. The number of benzene rings is 2. The van der Waals surface area contributed by atoms with Crippen LogP contribution in [-0.4, -0.2) is 20.9 Å². The van der Waals surface area contributed by atoms with E-state index in [4.69, 9.17) is 34.8 Å². The summed E-state index contributed by atoms with van der Waals surface area (Å²) in [6.07, 6.45) is 0. The van der Waals surface area contributed by atoms with Gasteiger partial charge in [-0.05, 0) is 36.8 Å². The molecule has 4 nitrogen and oxygen atoms in total. The lowest BCUT2D eigenvalue weighted by atomic mass is 10.1. The molecule has 1 aromatic heterocycles. The van der Waals surface area contributed by atoms with Gasteiger partial charge < -0.3 is 5.11 Å². The highest BCUT2D eigenvalue weighted by Gasteiger charge is 2.20. The van der Waals surface area contributed by atoms with Crippen molar-refractivity contribution < 1.29 is 9.90 Å². The Bertz CT molecular complexity index is 953. The third-order valence-electron chi connectivity index (χ3n) is 3.83. The van der Waals surface area contributed by atoms with Crippen molar-refractivity contribution >= 4 is 53.2 Å². The van der Waals surface area contributed by atoms with Gasteiger partial charge in [0.15, 0.2) is 5.69 Å². The van der Waals surface area contributed by atoms with Gasteiger partial charge in [0.05, 0.1) is 22.3 Å². The molecule has 0 spiro atoms. The number of carboxylic acids is 1. The van der Waals surface area contributed by atoms with Crippen LogP contribution < -0.4 is 0 Å². The molecule has 8 heteroatoms. The van der Waals surface area contributed by atoms with Crippen molar-refractivity contribution in [3.05, 3.63) is 74.4 Å². The fraction of sp³-hybridized carbons (Fsp3) is 0.111. The minimum atomic E-state index is -1.07. The molecule has 1 N–H and O–H groups in total. The monoisotopic (exact) mass is 430 g/mol. The zero-order chi connectivity index (χ0) is 18.1. The van der Waals surface area contributed by atoms with Crippen molar-refractivity contribution in [2.45, 2.75) is 13.5 Å². The molecule has 0 saturated heterocycles. The summed E-state index contributed by atoms with van der Waals surface area (Å²) < 4.78 is 1.65. The molecule has 0 atom stereocenters. The second kappa shape index (κ2) is 8.31. The molecule has 0 aliphatic heterocycles. The molecule has 26 heavy (non-hydrogen) atoms. The van der Waals surface area contributed by atoms with Crippen LogP contribution in [-0.2, 0) is 6.54 Å². The highest BCUT2D eigenvalue weighted by atomic mass is 35.5. The molecule has 0 radical (unpaired) electrons. The summed E-state index contributed by atoms with van der Waals surface area (Å²) in [7, 11) is 0. The van der Waals surface area contributed by atoms with Crippen LogP contribution in [0.5, 0.6) is 0 Å². The minimum Gasteiger partial charge on any atom is -0.476 e. The molecular formula is C18H14Cl4N2O2. The molecule has 1 heterocycles. The molecule has 136 valence electrons. The number of rotatable bonds is 4. The molecule has 0 fully saturated rings. The third-order valence-corrected chi connectivity index (χ3v) is 4.82. The Morgan fingerprint density at radius 3 is 2.31 bits per heavy atom. The maximum absolute atomic E-state index is 11.5. The first-order chi connectivity index (χ1) is 11.9. The first-order valence-electron chi connectivity index (χ1n) is 7.37. The fourth-order valence-electron chi connectivity index (χ4n) is 2.65. The van der Waals surface area contributed by atoms with E-state index in [2.05, 4.69) is 5.10 Å². The van der Waals surface area contributed by atoms with Crippen LogP contribution in [0, 0.1) is 6.92 Å². The smallest absolute Gasteiger partial charge is 0.356 e. The topological polar surface area (TPSA) is 55.1 Å². The van der Waals surface area contributed by atoms with E-state index in [9.17, 15) is 9.90 Å². The molecule has 3 aromatic rings. The summed E-state index contributed by atoms with van der Waals surface area (Å²) in [4.78, 5) is 11.5. The number of aromatic carboxylic acids is 1. The van der Waals surface area contributed by atoms with Gasteiger partial charge in [-0.3, -0.25) is 4.68 Å². The van der Waals surface area contributed by atoms with Crippen LogP contribution in [0.2, 0.25) is 15.1 Å². The highest BCUT2D eigenvalue weighted by Crippen LogP contribution is 2.29. The molecule has 0 aliphatic rings. The number of carboxylic acid groups (broad SMARTS) is 1. The predicted molar refractivity (Wildman–Crippen MR) is 107 cm³/mol. The summed E-state index contributed by atoms with van der Waals surface area (Å²) >= 11 is 18.0. The van der Waals surface area contributed by atoms with Crippen LogP contribution in [0.25, 0.3) is 11.3 Å². The van der Waals surface area contributed by atoms with Crippen LogP contribution in [0.1, 0.15) is 21.6 Å². The van der Waals surface area contributed by atoms with Gasteiger partial charge in [-0.15, -0.1) is 12.4 Å². The maximum Gasteiger partial charge on any atom is 0.356 e. The van der Waals surface area contributed by atoms with E-state index in [1.54, 1.807) is 35.9 Å². The normalized spacial score (nSPS) is 10.5. The Kier molecular flexibility index (Phi) is 6.58. The van der Waals surface area contributed by atoms with Gasteiger partial charge in [0, 0.05) is 16.1 Å². The molecule has 0 bridgehead atoms. The minimum absolute atomic E-state index is 0. The summed E-state index contributed by atoms with van der Waals surface area (Å²) in [5, 5.41) is 15.2. The zero-order valence-electron chi connectivity index (χ0n) is 13.5. The molecule has 3 rings (SSSR count). The fourth-order valence-corrected chi connectivity index (χ4v) is 3.10. The van der Waals surface area contributed by atoms with Gasteiger partial charge in [0.1, 0.15) is 0 Å². The summed E-state index contributed by atoms with van der Waals surface area (Å²) in [5.74, 6) is -1.07. The SMILES string of the molecule is Cc1c(C(=O)O)nn(Cc2ccc(Cl)c(Cl)c2)c1-c1ccc(Cl)cc1.Cl. The van der Waals surface area contributed by atoms with Crippen molar-refractivity contribution in [2.75, 3.05) is 0 Å². The predicted octanol–water partition coefficient (Wildman–Crippen LogP) is 5.99. The van der Waals surface area contributed by atoms with E-state index >= 15 is 0 Å². The van der Waals surface area contributed by atoms with Gasteiger partial charge in [-0.25, -0.2) is 4.79 Å². The standard InChI is InChI=1S/C18H13Cl3N2O2.ClH/c1-10-16(18(24)25)22-23(9-11-2-7-14(20)15(21)8-11)17(10)12-3-5-13(19)6-4-12;/h2-8H,9H2,1H3,(H,24,25);1H. The van der Waals surface area contributed by atoms with E-state index in [1.165, 1.54) is 0 Å². The third kappa shape index (κ3) is 4.15. The highest BCUT2D eigenvalue weighted by molar-refractivity contribution is 6.42. The van der Waals surface area contributed by atoms with Crippen LogP contribution in [0.3, 0.4) is 0 Å². The molecule has 0 amide bonds. The maximum atomic E-state index is 11.5. The first-order valence-corrected chi connectivity index (χ1v) is 8.50. The van der Waals surface area contributed by atoms with Gasteiger partial charge >= 0.3 is 5.97 Å². The van der Waals surface area contributed by atoms with Gasteiger partial charge in [0.25, 0.3) is 0 Å². The Balaban J connectivity index is 0.00000243. The van der Waals surface area contributed by atoms with Crippen LogP contribution >= 0.6 is 47.2 Å². The number of aromatic nitrogens is 2. The van der Waals surface area contributed by atoms with E-state index in [1.807, 2.05) is 18.2 Å². The number of nitrogens with zero attached hydrogens (tertiary/aromatic N) is 2. The van der Waals surface area contributed by atoms with Crippen molar-refractivity contribution in [3.8, 4) is 11.3 Å². The van der Waals surface area contributed by atoms with Crippen LogP contribution in [0.4, 0.5) is 0 Å². The quantitative estimate of drug-likeness (QED) is 0.552. The average molecular weight is 432 g/mol.